The van der Waals surface area contributed by atoms with Crippen molar-refractivity contribution in [1.29, 1.82) is 5.26 Å². The van der Waals surface area contributed by atoms with Crippen LogP contribution in [-0.2, 0) is 11.0 Å². The smallest absolute Gasteiger partial charge is 0.417 e. The molecule has 1 atom stereocenters. The molecule has 0 aromatic heterocycles. The van der Waals surface area contributed by atoms with Crippen LogP contribution in [-0.4, -0.2) is 39.7 Å². The molecule has 0 radical (unpaired) electrons. The third-order valence-corrected chi connectivity index (χ3v) is 5.46. The minimum absolute atomic E-state index is 0.101. The zero-order valence-corrected chi connectivity index (χ0v) is 18.0. The molecule has 33 heavy (non-hydrogen) atoms. The van der Waals surface area contributed by atoms with E-state index in [1.807, 2.05) is 0 Å². The third-order valence-electron chi connectivity index (χ3n) is 5.08. The number of hydrogen-bond donors (Lipinski definition) is 2. The van der Waals surface area contributed by atoms with Crippen molar-refractivity contribution in [2.75, 3.05) is 16.4 Å². The molecular weight excluding hydrogens is 466 g/mol. The lowest BCUT2D eigenvalue weighted by Gasteiger charge is -2.33. The van der Waals surface area contributed by atoms with Crippen LogP contribution in [0.25, 0.3) is 0 Å². The first-order valence-corrected chi connectivity index (χ1v) is 9.77. The predicted molar refractivity (Wildman–Crippen MR) is 113 cm³/mol. The van der Waals surface area contributed by atoms with Gasteiger partial charge in [0.25, 0.3) is 0 Å². The normalized spacial score (nSPS) is 17.8. The van der Waals surface area contributed by atoms with Crippen LogP contribution in [0.2, 0.25) is 0 Å². The Kier molecular flexibility index (Phi) is 6.23. The summed E-state index contributed by atoms with van der Waals surface area (Å²) in [5, 5.41) is 28.5. The summed E-state index contributed by atoms with van der Waals surface area (Å²) in [5.74, 6) is -2.50. The fraction of sp³-hybridized carbons (Fsp3) is 0.286. The molecule has 0 aliphatic carbocycles. The summed E-state index contributed by atoms with van der Waals surface area (Å²) in [7, 11) is 0. The molecule has 2 aromatic rings. The monoisotopic (exact) mass is 483 g/mol. The van der Waals surface area contributed by atoms with Crippen molar-refractivity contribution in [3.63, 3.8) is 0 Å². The second-order valence-electron chi connectivity index (χ2n) is 7.65. The average Bonchev–Trinajstić information content (AvgIpc) is 2.89. The number of thiocarbonyl (C=S) groups is 1. The van der Waals surface area contributed by atoms with E-state index in [4.69, 9.17) is 27.3 Å². The number of carboxylic acid groups (broad SMARTS) is 1. The maximum Gasteiger partial charge on any atom is 0.417 e. The molecule has 174 valence electrons. The number of rotatable bonds is 5. The summed E-state index contributed by atoms with van der Waals surface area (Å²) in [6.45, 7) is 2.37. The van der Waals surface area contributed by atoms with Crippen LogP contribution in [0.3, 0.4) is 0 Å². The van der Waals surface area contributed by atoms with Gasteiger partial charge in [0.2, 0.25) is 0 Å². The van der Waals surface area contributed by atoms with E-state index in [0.717, 1.165) is 23.1 Å². The Morgan fingerprint density at radius 2 is 1.88 bits per heavy atom. The molecule has 0 spiro atoms. The predicted octanol–water partition coefficient (Wildman–Crippen LogP) is 3.89. The van der Waals surface area contributed by atoms with Crippen LogP contribution >= 0.6 is 12.2 Å². The van der Waals surface area contributed by atoms with Gasteiger partial charge in [-0.15, -0.1) is 0 Å². The van der Waals surface area contributed by atoms with E-state index in [1.54, 1.807) is 13.8 Å². The molecule has 1 aliphatic heterocycles. The first kappa shape index (κ1) is 24.2. The number of nitrogens with zero attached hydrogens (tertiary/aromatic N) is 3. The van der Waals surface area contributed by atoms with E-state index < -0.39 is 47.5 Å². The van der Waals surface area contributed by atoms with E-state index >= 15 is 0 Å². The molecule has 7 nitrogen and oxygen atoms in total. The van der Waals surface area contributed by atoms with Crippen LogP contribution in [0.15, 0.2) is 36.4 Å². The van der Waals surface area contributed by atoms with Gasteiger partial charge in [0.15, 0.2) is 29.5 Å². The van der Waals surface area contributed by atoms with Gasteiger partial charge < -0.3 is 19.8 Å². The Morgan fingerprint density at radius 3 is 2.42 bits per heavy atom. The van der Waals surface area contributed by atoms with Gasteiger partial charge in [0.1, 0.15) is 0 Å². The Bertz CT molecular complexity index is 1160. The average molecular weight is 483 g/mol. The molecular formula is C21H17F4N3O4S. The molecule has 1 aliphatic rings. The maximum atomic E-state index is 14.5. The van der Waals surface area contributed by atoms with Crippen LogP contribution in [0.4, 0.5) is 28.9 Å². The first-order chi connectivity index (χ1) is 15.3. The lowest BCUT2D eigenvalue weighted by Crippen LogP contribution is -2.47. The van der Waals surface area contributed by atoms with Gasteiger partial charge in [-0.25, -0.2) is 9.18 Å². The van der Waals surface area contributed by atoms with Crippen LogP contribution in [0.1, 0.15) is 25.0 Å². The highest BCUT2D eigenvalue weighted by molar-refractivity contribution is 7.80. The van der Waals surface area contributed by atoms with Crippen molar-refractivity contribution in [3.8, 4) is 11.8 Å². The molecule has 1 fully saturated rings. The topological polar surface area (TPSA) is 97.0 Å². The SMILES string of the molecule is CC1(C)C(O)N(c2ccc(C#N)c(C(F)(F)F)c2)C(=S)N1c1ccc(OCC(=O)O)c(F)c1. The summed E-state index contributed by atoms with van der Waals surface area (Å²) in [5.41, 5.74) is -2.91. The number of alkyl halides is 3. The van der Waals surface area contributed by atoms with E-state index in [-0.39, 0.29) is 22.2 Å². The van der Waals surface area contributed by atoms with Gasteiger partial charge in [-0.05, 0) is 56.4 Å². The fourth-order valence-corrected chi connectivity index (χ4v) is 4.03. The Labute approximate surface area is 191 Å². The number of halogens is 4. The number of hydrogen-bond acceptors (Lipinski definition) is 5. The lowest BCUT2D eigenvalue weighted by molar-refractivity contribution is -0.139. The number of ether oxygens (including phenoxy) is 1. The van der Waals surface area contributed by atoms with Crippen molar-refractivity contribution in [3.05, 3.63) is 53.3 Å². The van der Waals surface area contributed by atoms with Crippen molar-refractivity contribution in [2.24, 2.45) is 0 Å². The Morgan fingerprint density at radius 1 is 1.24 bits per heavy atom. The van der Waals surface area contributed by atoms with Crippen molar-refractivity contribution >= 4 is 34.7 Å². The number of aliphatic carboxylic acids is 1. The number of carbonyl (C=O) groups is 1. The van der Waals surface area contributed by atoms with Gasteiger partial charge in [-0.1, -0.05) is 0 Å². The fourth-order valence-electron chi connectivity index (χ4n) is 3.48. The van der Waals surface area contributed by atoms with Gasteiger partial charge in [0, 0.05) is 17.4 Å². The molecule has 12 heteroatoms. The van der Waals surface area contributed by atoms with E-state index in [0.29, 0.717) is 0 Å². The van der Waals surface area contributed by atoms with Gasteiger partial charge >= 0.3 is 12.1 Å². The maximum absolute atomic E-state index is 14.5. The molecule has 2 aromatic carbocycles. The van der Waals surface area contributed by atoms with E-state index in [1.165, 1.54) is 29.2 Å². The summed E-state index contributed by atoms with van der Waals surface area (Å²) in [4.78, 5) is 13.1. The van der Waals surface area contributed by atoms with Gasteiger partial charge in [-0.2, -0.15) is 18.4 Å². The second kappa shape index (κ2) is 8.49. The van der Waals surface area contributed by atoms with E-state index in [9.17, 15) is 27.5 Å². The number of anilines is 2. The third kappa shape index (κ3) is 4.42. The molecule has 1 saturated heterocycles. The van der Waals surface area contributed by atoms with Crippen molar-refractivity contribution in [1.82, 2.24) is 0 Å². The number of aliphatic hydroxyl groups excluding tert-OH is 1. The van der Waals surface area contributed by atoms with Gasteiger partial charge in [0.05, 0.1) is 22.7 Å². The number of carboxylic acids is 1. The quantitative estimate of drug-likeness (QED) is 0.489. The largest absolute Gasteiger partial charge is 0.479 e. The minimum Gasteiger partial charge on any atom is -0.479 e. The van der Waals surface area contributed by atoms with Crippen molar-refractivity contribution in [2.45, 2.75) is 31.8 Å². The van der Waals surface area contributed by atoms with Gasteiger partial charge in [-0.3, -0.25) is 4.90 Å². The molecule has 0 bridgehead atoms. The standard InChI is InChI=1S/C21H17F4N3O4S/c1-20(2)18(31)27(12-4-3-11(9-26)14(7-12)21(23,24)25)19(33)28(20)13-5-6-16(15(22)8-13)32-10-17(29)30/h3-8,18,31H,10H2,1-2H3,(H,29,30). The van der Waals surface area contributed by atoms with Crippen LogP contribution in [0.5, 0.6) is 5.75 Å². The molecule has 2 N–H and O–H groups in total. The number of aliphatic hydroxyl groups is 1. The zero-order valence-electron chi connectivity index (χ0n) is 17.2. The molecule has 0 amide bonds. The zero-order chi connectivity index (χ0) is 24.7. The molecule has 3 rings (SSSR count). The minimum atomic E-state index is -4.81. The summed E-state index contributed by atoms with van der Waals surface area (Å²) < 4.78 is 59.6. The lowest BCUT2D eigenvalue weighted by atomic mass is 10.0. The summed E-state index contributed by atoms with van der Waals surface area (Å²) in [6, 6.07) is 8.00. The Balaban J connectivity index is 2.02. The second-order valence-corrected chi connectivity index (χ2v) is 8.02. The van der Waals surface area contributed by atoms with Crippen LogP contribution in [0, 0.1) is 17.1 Å². The highest BCUT2D eigenvalue weighted by atomic mass is 32.1. The highest BCUT2D eigenvalue weighted by Gasteiger charge is 2.50. The Hall–Kier alpha value is -3.43. The van der Waals surface area contributed by atoms with Crippen LogP contribution < -0.4 is 14.5 Å². The number of nitriles is 1. The molecule has 1 unspecified atom stereocenters. The summed E-state index contributed by atoms with van der Waals surface area (Å²) in [6.07, 6.45) is -6.23. The van der Waals surface area contributed by atoms with E-state index in [2.05, 4.69) is 0 Å². The molecule has 0 saturated carbocycles. The van der Waals surface area contributed by atoms with Crippen molar-refractivity contribution < 1.29 is 37.3 Å². The summed E-state index contributed by atoms with van der Waals surface area (Å²) >= 11 is 5.43. The number of benzene rings is 2. The first-order valence-electron chi connectivity index (χ1n) is 9.36. The molecule has 1 heterocycles. The highest BCUT2D eigenvalue weighted by Crippen LogP contribution is 2.42.